The van der Waals surface area contributed by atoms with Crippen LogP contribution in [0.5, 0.6) is 5.75 Å². The minimum atomic E-state index is 0.304. The van der Waals surface area contributed by atoms with E-state index in [1.807, 2.05) is 26.1 Å². The molecule has 0 radical (unpaired) electrons. The Kier molecular flexibility index (Phi) is 6.76. The summed E-state index contributed by atoms with van der Waals surface area (Å²) in [6.45, 7) is 5.70. The van der Waals surface area contributed by atoms with Crippen LogP contribution in [0.2, 0.25) is 0 Å². The average molecular weight is 251 g/mol. The molecule has 0 aliphatic rings. The molecule has 0 saturated carbocycles. The predicted octanol–water partition coefficient (Wildman–Crippen LogP) is 3.02. The zero-order valence-electron chi connectivity index (χ0n) is 11.9. The molecule has 0 aliphatic carbocycles. The molecule has 2 unspecified atom stereocenters. The van der Waals surface area contributed by atoms with Crippen molar-refractivity contribution < 1.29 is 9.47 Å². The fourth-order valence-corrected chi connectivity index (χ4v) is 2.21. The fraction of sp³-hybridized carbons (Fsp3) is 0.600. The first kappa shape index (κ1) is 15.0. The lowest BCUT2D eigenvalue weighted by Crippen LogP contribution is -2.21. The molecule has 1 N–H and O–H groups in total. The van der Waals surface area contributed by atoms with E-state index >= 15 is 0 Å². The maximum absolute atomic E-state index is 5.69. The highest BCUT2D eigenvalue weighted by molar-refractivity contribution is 5.36. The predicted molar refractivity (Wildman–Crippen MR) is 75.1 cm³/mol. The van der Waals surface area contributed by atoms with Crippen LogP contribution in [0.3, 0.4) is 0 Å². The first-order valence-corrected chi connectivity index (χ1v) is 6.60. The van der Waals surface area contributed by atoms with Gasteiger partial charge in [-0.3, -0.25) is 0 Å². The van der Waals surface area contributed by atoms with E-state index in [-0.39, 0.29) is 0 Å². The van der Waals surface area contributed by atoms with Gasteiger partial charge in [0.1, 0.15) is 5.75 Å². The maximum atomic E-state index is 5.69. The van der Waals surface area contributed by atoms with Gasteiger partial charge in [-0.25, -0.2) is 0 Å². The van der Waals surface area contributed by atoms with Gasteiger partial charge in [0, 0.05) is 25.3 Å². The highest BCUT2D eigenvalue weighted by Crippen LogP contribution is 2.29. The molecule has 1 rings (SSSR count). The third-order valence-corrected chi connectivity index (χ3v) is 3.03. The van der Waals surface area contributed by atoms with E-state index in [9.17, 15) is 0 Å². The molecule has 1 aromatic carbocycles. The number of rotatable bonds is 8. The summed E-state index contributed by atoms with van der Waals surface area (Å²) in [5, 5.41) is 3.37. The summed E-state index contributed by atoms with van der Waals surface area (Å²) < 4.78 is 10.9. The summed E-state index contributed by atoms with van der Waals surface area (Å²) in [6.07, 6.45) is 1.04. The third kappa shape index (κ3) is 4.31. The highest BCUT2D eigenvalue weighted by atomic mass is 16.5. The summed E-state index contributed by atoms with van der Waals surface area (Å²) in [6, 6.07) is 8.54. The van der Waals surface area contributed by atoms with Crippen LogP contribution in [0, 0.1) is 5.92 Å². The Hall–Kier alpha value is -1.06. The summed E-state index contributed by atoms with van der Waals surface area (Å²) >= 11 is 0. The topological polar surface area (TPSA) is 30.5 Å². The van der Waals surface area contributed by atoms with Crippen molar-refractivity contribution in [3.05, 3.63) is 29.8 Å². The number of ether oxygens (including phenoxy) is 2. The van der Waals surface area contributed by atoms with Crippen LogP contribution < -0.4 is 10.1 Å². The third-order valence-electron chi connectivity index (χ3n) is 3.03. The number of para-hydroxylation sites is 1. The molecule has 3 nitrogen and oxygen atoms in total. The first-order chi connectivity index (χ1) is 8.72. The van der Waals surface area contributed by atoms with Crippen molar-refractivity contribution in [1.82, 2.24) is 5.32 Å². The number of nitrogens with one attached hydrogen (secondary N) is 1. The monoisotopic (exact) mass is 251 g/mol. The van der Waals surface area contributed by atoms with E-state index in [0.717, 1.165) is 18.8 Å². The zero-order chi connectivity index (χ0) is 13.4. The molecule has 0 aliphatic heterocycles. The molecule has 18 heavy (non-hydrogen) atoms. The molecule has 0 saturated heterocycles. The van der Waals surface area contributed by atoms with Crippen LogP contribution in [-0.4, -0.2) is 27.4 Å². The molecule has 0 aromatic heterocycles. The minimum Gasteiger partial charge on any atom is -0.494 e. The normalized spacial score (nSPS) is 14.2. The Morgan fingerprint density at radius 1 is 1.28 bits per heavy atom. The number of hydrogen-bond acceptors (Lipinski definition) is 3. The van der Waals surface area contributed by atoms with E-state index in [1.54, 1.807) is 7.11 Å². The van der Waals surface area contributed by atoms with Crippen molar-refractivity contribution in [2.24, 2.45) is 5.92 Å². The second kappa shape index (κ2) is 8.11. The van der Waals surface area contributed by atoms with Crippen LogP contribution >= 0.6 is 0 Å². The van der Waals surface area contributed by atoms with E-state index in [0.29, 0.717) is 18.6 Å². The van der Waals surface area contributed by atoms with Gasteiger partial charge in [-0.05, 0) is 32.4 Å². The van der Waals surface area contributed by atoms with Crippen LogP contribution in [0.15, 0.2) is 24.3 Å². The second-order valence-corrected chi connectivity index (χ2v) is 4.61. The van der Waals surface area contributed by atoms with Crippen LogP contribution in [0.1, 0.15) is 31.9 Å². The van der Waals surface area contributed by atoms with Crippen LogP contribution in [0.25, 0.3) is 0 Å². The largest absolute Gasteiger partial charge is 0.494 e. The molecule has 1 aromatic rings. The number of methoxy groups -OCH3 is 1. The van der Waals surface area contributed by atoms with E-state index in [4.69, 9.17) is 9.47 Å². The molecule has 0 heterocycles. The summed E-state index contributed by atoms with van der Waals surface area (Å²) in [4.78, 5) is 0. The summed E-state index contributed by atoms with van der Waals surface area (Å²) in [5.41, 5.74) is 1.23. The smallest absolute Gasteiger partial charge is 0.124 e. The highest BCUT2D eigenvalue weighted by Gasteiger charge is 2.17. The lowest BCUT2D eigenvalue weighted by molar-refractivity contribution is 0.149. The molecule has 3 heteroatoms. The standard InChI is InChI=1S/C15H25NO2/c1-5-18-15-9-7-6-8-13(15)14(16-3)10-12(2)11-17-4/h6-9,12,14,16H,5,10-11H2,1-4H3. The molecule has 0 spiro atoms. The van der Waals surface area contributed by atoms with Gasteiger partial charge in [-0.1, -0.05) is 25.1 Å². The minimum absolute atomic E-state index is 0.304. The lowest BCUT2D eigenvalue weighted by Gasteiger charge is -2.22. The molecule has 0 bridgehead atoms. The Balaban J connectivity index is 2.80. The quantitative estimate of drug-likeness (QED) is 0.770. The molecule has 2 atom stereocenters. The summed E-state index contributed by atoms with van der Waals surface area (Å²) in [7, 11) is 3.74. The van der Waals surface area contributed by atoms with Gasteiger partial charge in [0.25, 0.3) is 0 Å². The molecular formula is C15H25NO2. The van der Waals surface area contributed by atoms with Crippen LogP contribution in [-0.2, 0) is 4.74 Å². The zero-order valence-corrected chi connectivity index (χ0v) is 11.9. The molecule has 0 amide bonds. The van der Waals surface area contributed by atoms with Crippen molar-refractivity contribution in [1.29, 1.82) is 0 Å². The number of hydrogen-bond donors (Lipinski definition) is 1. The van der Waals surface area contributed by atoms with E-state index in [2.05, 4.69) is 24.4 Å². The van der Waals surface area contributed by atoms with Gasteiger partial charge < -0.3 is 14.8 Å². The summed E-state index contributed by atoms with van der Waals surface area (Å²) in [5.74, 6) is 1.49. The van der Waals surface area contributed by atoms with E-state index in [1.165, 1.54) is 5.56 Å². The van der Waals surface area contributed by atoms with Crippen molar-refractivity contribution in [3.8, 4) is 5.75 Å². The Bertz CT molecular complexity index is 341. The molecule has 0 fully saturated rings. The fourth-order valence-electron chi connectivity index (χ4n) is 2.21. The SMILES string of the molecule is CCOc1ccccc1C(CC(C)COC)NC. The maximum Gasteiger partial charge on any atom is 0.124 e. The molecular weight excluding hydrogens is 226 g/mol. The van der Waals surface area contributed by atoms with Gasteiger partial charge in [0.2, 0.25) is 0 Å². The van der Waals surface area contributed by atoms with Gasteiger partial charge in [-0.2, -0.15) is 0 Å². The van der Waals surface area contributed by atoms with E-state index < -0.39 is 0 Å². The van der Waals surface area contributed by atoms with Gasteiger partial charge in [0.15, 0.2) is 0 Å². The Morgan fingerprint density at radius 3 is 2.61 bits per heavy atom. The van der Waals surface area contributed by atoms with Crippen molar-refractivity contribution in [2.75, 3.05) is 27.4 Å². The van der Waals surface area contributed by atoms with Gasteiger partial charge in [-0.15, -0.1) is 0 Å². The van der Waals surface area contributed by atoms with Gasteiger partial charge in [0.05, 0.1) is 6.61 Å². The van der Waals surface area contributed by atoms with Gasteiger partial charge >= 0.3 is 0 Å². The Labute approximate surface area is 110 Å². The lowest BCUT2D eigenvalue weighted by atomic mass is 9.96. The second-order valence-electron chi connectivity index (χ2n) is 4.61. The van der Waals surface area contributed by atoms with Crippen molar-refractivity contribution in [3.63, 3.8) is 0 Å². The Morgan fingerprint density at radius 2 is 2.00 bits per heavy atom. The van der Waals surface area contributed by atoms with Crippen LogP contribution in [0.4, 0.5) is 0 Å². The average Bonchev–Trinajstić information content (AvgIpc) is 2.37. The number of benzene rings is 1. The molecule has 102 valence electrons. The van der Waals surface area contributed by atoms with Crippen molar-refractivity contribution in [2.45, 2.75) is 26.3 Å². The first-order valence-electron chi connectivity index (χ1n) is 6.60. The van der Waals surface area contributed by atoms with Crippen molar-refractivity contribution >= 4 is 0 Å².